The molecule has 4 rings (SSSR count). The molecular formula is C16H25N3. The molecule has 2 bridgehead atoms. The normalized spacial score (nSPS) is 43.5. The summed E-state index contributed by atoms with van der Waals surface area (Å²) in [4.78, 5) is 7.29. The molecule has 5 atom stereocenters. The van der Waals surface area contributed by atoms with Crippen molar-refractivity contribution in [1.29, 1.82) is 0 Å². The van der Waals surface area contributed by atoms with Crippen molar-refractivity contribution in [3.05, 3.63) is 12.2 Å². The van der Waals surface area contributed by atoms with Gasteiger partial charge in [0.2, 0.25) is 0 Å². The van der Waals surface area contributed by atoms with Crippen molar-refractivity contribution in [3.8, 4) is 0 Å². The molecule has 2 aliphatic heterocycles. The van der Waals surface area contributed by atoms with Gasteiger partial charge < -0.3 is 10.2 Å². The topological polar surface area (TPSA) is 27.6 Å². The van der Waals surface area contributed by atoms with Crippen LogP contribution < -0.4 is 5.32 Å². The molecule has 4 aliphatic rings. The molecule has 0 aromatic carbocycles. The highest BCUT2D eigenvalue weighted by atomic mass is 15.4. The fraction of sp³-hybridized carbons (Fsp3) is 0.812. The summed E-state index contributed by atoms with van der Waals surface area (Å²) in [5.41, 5.74) is 0. The summed E-state index contributed by atoms with van der Waals surface area (Å²) >= 11 is 0. The molecule has 2 fully saturated rings. The minimum atomic E-state index is 0.693. The number of hydrogen-bond acceptors (Lipinski definition) is 3. The number of piperidine rings is 1. The number of fused-ring (bicyclic) bond motifs is 3. The third-order valence-corrected chi connectivity index (χ3v) is 5.60. The SMILES string of the molecule is CC1CCC2CN=C(NCC3CC4C=CC3C4)N2C1. The van der Waals surface area contributed by atoms with Gasteiger partial charge in [-0.3, -0.25) is 4.99 Å². The molecule has 0 amide bonds. The first-order valence-electron chi connectivity index (χ1n) is 8.03. The summed E-state index contributed by atoms with van der Waals surface area (Å²) in [6.45, 7) is 5.72. The Kier molecular flexibility index (Phi) is 2.82. The van der Waals surface area contributed by atoms with Crippen LogP contribution in [0.2, 0.25) is 0 Å². The molecule has 0 radical (unpaired) electrons. The van der Waals surface area contributed by atoms with Crippen LogP contribution in [0.5, 0.6) is 0 Å². The molecule has 2 aliphatic carbocycles. The highest BCUT2D eigenvalue weighted by Gasteiger charge is 2.37. The van der Waals surface area contributed by atoms with E-state index in [1.165, 1.54) is 38.2 Å². The fourth-order valence-corrected chi connectivity index (χ4v) is 4.45. The fourth-order valence-electron chi connectivity index (χ4n) is 4.45. The Bertz CT molecular complexity index is 414. The summed E-state index contributed by atoms with van der Waals surface area (Å²) < 4.78 is 0. The van der Waals surface area contributed by atoms with Gasteiger partial charge in [0.05, 0.1) is 12.6 Å². The number of rotatable bonds is 2. The zero-order chi connectivity index (χ0) is 12.8. The van der Waals surface area contributed by atoms with Crippen LogP contribution in [0.1, 0.15) is 32.6 Å². The molecule has 2 heterocycles. The number of guanidine groups is 1. The second-order valence-electron chi connectivity index (χ2n) is 7.07. The Balaban J connectivity index is 1.34. The lowest BCUT2D eigenvalue weighted by atomic mass is 9.93. The number of nitrogens with zero attached hydrogens (tertiary/aromatic N) is 2. The minimum Gasteiger partial charge on any atom is -0.356 e. The van der Waals surface area contributed by atoms with Crippen LogP contribution in [-0.4, -0.2) is 36.5 Å². The second kappa shape index (κ2) is 4.53. The number of aliphatic imine (C=N–C) groups is 1. The summed E-state index contributed by atoms with van der Waals surface area (Å²) in [6, 6.07) is 0.693. The van der Waals surface area contributed by atoms with Gasteiger partial charge in [-0.2, -0.15) is 0 Å². The zero-order valence-electron chi connectivity index (χ0n) is 11.9. The lowest BCUT2D eigenvalue weighted by Crippen LogP contribution is -2.49. The smallest absolute Gasteiger partial charge is 0.194 e. The van der Waals surface area contributed by atoms with E-state index in [-0.39, 0.29) is 0 Å². The average molecular weight is 259 g/mol. The lowest BCUT2D eigenvalue weighted by molar-refractivity contribution is 0.210. The van der Waals surface area contributed by atoms with E-state index in [0.29, 0.717) is 6.04 Å². The van der Waals surface area contributed by atoms with Gasteiger partial charge in [0, 0.05) is 13.1 Å². The predicted octanol–water partition coefficient (Wildman–Crippen LogP) is 2.26. The van der Waals surface area contributed by atoms with Crippen LogP contribution in [0, 0.1) is 23.7 Å². The molecule has 0 aromatic rings. The molecule has 3 heteroatoms. The molecule has 1 saturated heterocycles. The van der Waals surface area contributed by atoms with Crippen LogP contribution in [0.4, 0.5) is 0 Å². The van der Waals surface area contributed by atoms with E-state index in [0.717, 1.165) is 36.8 Å². The minimum absolute atomic E-state index is 0.693. The Morgan fingerprint density at radius 2 is 2.26 bits per heavy atom. The number of nitrogens with one attached hydrogen (secondary N) is 1. The maximum atomic E-state index is 4.75. The summed E-state index contributed by atoms with van der Waals surface area (Å²) in [5, 5.41) is 3.67. The van der Waals surface area contributed by atoms with Gasteiger partial charge in [-0.25, -0.2) is 0 Å². The van der Waals surface area contributed by atoms with Gasteiger partial charge in [-0.05, 0) is 49.4 Å². The molecule has 0 aromatic heterocycles. The van der Waals surface area contributed by atoms with Crippen molar-refractivity contribution in [2.75, 3.05) is 19.6 Å². The molecule has 104 valence electrons. The summed E-state index contributed by atoms with van der Waals surface area (Å²) in [5.74, 6) is 4.59. The van der Waals surface area contributed by atoms with E-state index in [9.17, 15) is 0 Å². The Morgan fingerprint density at radius 1 is 1.32 bits per heavy atom. The molecule has 0 spiro atoms. The maximum Gasteiger partial charge on any atom is 0.194 e. The van der Waals surface area contributed by atoms with Gasteiger partial charge >= 0.3 is 0 Å². The second-order valence-corrected chi connectivity index (χ2v) is 7.07. The van der Waals surface area contributed by atoms with E-state index in [4.69, 9.17) is 4.99 Å². The van der Waals surface area contributed by atoms with Crippen LogP contribution in [-0.2, 0) is 0 Å². The monoisotopic (exact) mass is 259 g/mol. The lowest BCUT2D eigenvalue weighted by Gasteiger charge is -2.36. The van der Waals surface area contributed by atoms with Crippen molar-refractivity contribution < 1.29 is 0 Å². The first-order valence-corrected chi connectivity index (χ1v) is 8.03. The molecule has 1 saturated carbocycles. The van der Waals surface area contributed by atoms with Crippen molar-refractivity contribution in [2.45, 2.75) is 38.6 Å². The van der Waals surface area contributed by atoms with Gasteiger partial charge in [-0.1, -0.05) is 19.1 Å². The van der Waals surface area contributed by atoms with Crippen LogP contribution in [0.25, 0.3) is 0 Å². The van der Waals surface area contributed by atoms with Crippen molar-refractivity contribution in [3.63, 3.8) is 0 Å². The van der Waals surface area contributed by atoms with Crippen molar-refractivity contribution >= 4 is 5.96 Å². The van der Waals surface area contributed by atoms with Crippen molar-refractivity contribution in [1.82, 2.24) is 10.2 Å². The first kappa shape index (κ1) is 11.8. The largest absolute Gasteiger partial charge is 0.356 e. The van der Waals surface area contributed by atoms with E-state index >= 15 is 0 Å². The maximum absolute atomic E-state index is 4.75. The third-order valence-electron chi connectivity index (χ3n) is 5.60. The zero-order valence-corrected chi connectivity index (χ0v) is 11.9. The Hall–Kier alpha value is -0.990. The quantitative estimate of drug-likeness (QED) is 0.770. The molecule has 1 N–H and O–H groups in total. The molecule has 19 heavy (non-hydrogen) atoms. The van der Waals surface area contributed by atoms with Crippen LogP contribution >= 0.6 is 0 Å². The highest BCUT2D eigenvalue weighted by Crippen LogP contribution is 2.43. The van der Waals surface area contributed by atoms with Crippen LogP contribution in [0.3, 0.4) is 0 Å². The van der Waals surface area contributed by atoms with Gasteiger partial charge in [0.15, 0.2) is 5.96 Å². The number of hydrogen-bond donors (Lipinski definition) is 1. The van der Waals surface area contributed by atoms with E-state index in [1.807, 2.05) is 0 Å². The van der Waals surface area contributed by atoms with Gasteiger partial charge in [0.25, 0.3) is 0 Å². The molecular weight excluding hydrogens is 234 g/mol. The Morgan fingerprint density at radius 3 is 3.05 bits per heavy atom. The number of allylic oxidation sites excluding steroid dienone is 2. The van der Waals surface area contributed by atoms with Gasteiger partial charge in [-0.15, -0.1) is 0 Å². The van der Waals surface area contributed by atoms with Gasteiger partial charge in [0.1, 0.15) is 0 Å². The predicted molar refractivity (Wildman–Crippen MR) is 78.0 cm³/mol. The highest BCUT2D eigenvalue weighted by molar-refractivity contribution is 5.82. The van der Waals surface area contributed by atoms with E-state index in [2.05, 4.69) is 29.3 Å². The first-order chi connectivity index (χ1) is 9.29. The average Bonchev–Trinajstić information content (AvgIpc) is 3.10. The standard InChI is InChI=1S/C16H25N3/c1-11-2-5-15-9-18-16(19(15)10-11)17-8-14-7-12-3-4-13(14)6-12/h3-4,11-15H,2,5-10H2,1H3,(H,17,18). The van der Waals surface area contributed by atoms with Crippen molar-refractivity contribution in [2.24, 2.45) is 28.7 Å². The summed E-state index contributed by atoms with van der Waals surface area (Å²) in [6.07, 6.45) is 10.4. The van der Waals surface area contributed by atoms with Crippen LogP contribution in [0.15, 0.2) is 17.1 Å². The Labute approximate surface area is 116 Å². The third kappa shape index (κ3) is 2.07. The molecule has 3 nitrogen and oxygen atoms in total. The summed E-state index contributed by atoms with van der Waals surface area (Å²) in [7, 11) is 0. The molecule has 5 unspecified atom stereocenters. The van der Waals surface area contributed by atoms with E-state index in [1.54, 1.807) is 0 Å². The van der Waals surface area contributed by atoms with E-state index < -0.39 is 0 Å².